The Bertz CT molecular complexity index is 702. The van der Waals surface area contributed by atoms with E-state index >= 15 is 0 Å². The molecule has 0 unspecified atom stereocenters. The fourth-order valence-corrected chi connectivity index (χ4v) is 4.11. The Balaban J connectivity index is 2.47. The van der Waals surface area contributed by atoms with E-state index in [0.29, 0.717) is 13.2 Å². The normalized spacial score (nSPS) is 10.9. The summed E-state index contributed by atoms with van der Waals surface area (Å²) in [5.41, 5.74) is 1.43. The molecule has 5 nitrogen and oxygen atoms in total. The van der Waals surface area contributed by atoms with Gasteiger partial charge in [0, 0.05) is 19.8 Å². The van der Waals surface area contributed by atoms with Gasteiger partial charge in [0.2, 0.25) is 0 Å². The Kier molecular flexibility index (Phi) is 17.9. The predicted octanol–water partition coefficient (Wildman–Crippen LogP) is 8.35. The third kappa shape index (κ3) is 14.2. The van der Waals surface area contributed by atoms with Gasteiger partial charge in [-0.25, -0.2) is 9.59 Å². The molecule has 0 bridgehead atoms. The molecule has 1 aromatic carbocycles. The maximum atomic E-state index is 12.8. The summed E-state index contributed by atoms with van der Waals surface area (Å²) in [5.74, 6) is -0.895. The Hall–Kier alpha value is -2.04. The third-order valence-electron chi connectivity index (χ3n) is 6.42. The Morgan fingerprint density at radius 1 is 0.600 bits per heavy atom. The van der Waals surface area contributed by atoms with Crippen molar-refractivity contribution in [3.63, 3.8) is 0 Å². The lowest BCUT2D eigenvalue weighted by molar-refractivity contribution is 0.0450. The maximum absolute atomic E-state index is 12.8. The van der Waals surface area contributed by atoms with Crippen LogP contribution in [0.1, 0.15) is 137 Å². The summed E-state index contributed by atoms with van der Waals surface area (Å²) in [5, 5.41) is 0. The Labute approximate surface area is 214 Å². The molecule has 0 N–H and O–H groups in total. The zero-order valence-electron chi connectivity index (χ0n) is 23.0. The van der Waals surface area contributed by atoms with Crippen molar-refractivity contribution in [2.75, 3.05) is 32.2 Å². The third-order valence-corrected chi connectivity index (χ3v) is 6.42. The Morgan fingerprint density at radius 2 is 1.00 bits per heavy atom. The molecule has 0 saturated carbocycles. The van der Waals surface area contributed by atoms with Gasteiger partial charge in [-0.3, -0.25) is 0 Å². The van der Waals surface area contributed by atoms with Crippen molar-refractivity contribution in [2.45, 2.75) is 117 Å². The molecule has 0 atom stereocenters. The van der Waals surface area contributed by atoms with Crippen LogP contribution >= 0.6 is 0 Å². The largest absolute Gasteiger partial charge is 0.462 e. The molecule has 0 amide bonds. The summed E-state index contributed by atoms with van der Waals surface area (Å²) in [7, 11) is 3.82. The Morgan fingerprint density at radius 3 is 1.43 bits per heavy atom. The minimum Gasteiger partial charge on any atom is -0.462 e. The molecule has 35 heavy (non-hydrogen) atoms. The van der Waals surface area contributed by atoms with E-state index < -0.39 is 11.9 Å². The quantitative estimate of drug-likeness (QED) is 0.128. The second-order valence-electron chi connectivity index (χ2n) is 9.85. The second-order valence-corrected chi connectivity index (χ2v) is 9.85. The number of ether oxygens (including phenoxy) is 2. The van der Waals surface area contributed by atoms with Gasteiger partial charge in [0.25, 0.3) is 0 Å². The summed E-state index contributed by atoms with van der Waals surface area (Å²) in [4.78, 5) is 27.5. The van der Waals surface area contributed by atoms with Crippen molar-refractivity contribution in [3.8, 4) is 0 Å². The van der Waals surface area contributed by atoms with Crippen LogP contribution in [0.3, 0.4) is 0 Å². The molecule has 0 aliphatic heterocycles. The summed E-state index contributed by atoms with van der Waals surface area (Å²) in [6.07, 6.45) is 19.0. The summed E-state index contributed by atoms with van der Waals surface area (Å²) in [6, 6.07) is 5.24. The lowest BCUT2D eigenvalue weighted by atomic mass is 10.1. The highest BCUT2D eigenvalue weighted by Crippen LogP contribution is 2.21. The van der Waals surface area contributed by atoms with Crippen LogP contribution in [0.2, 0.25) is 0 Å². The molecule has 0 spiro atoms. The molecule has 0 aromatic heterocycles. The number of anilines is 1. The van der Waals surface area contributed by atoms with Crippen LogP contribution in [-0.2, 0) is 9.47 Å². The highest BCUT2D eigenvalue weighted by Gasteiger charge is 2.20. The maximum Gasteiger partial charge on any atom is 0.339 e. The van der Waals surface area contributed by atoms with Crippen molar-refractivity contribution < 1.29 is 19.1 Å². The molecule has 0 heterocycles. The standard InChI is InChI=1S/C30H51NO4/c1-5-7-9-11-13-15-17-19-23-34-29(32)27-22-21-26(31(3)4)25-28(27)30(33)35-24-20-18-16-14-12-10-8-6-2/h21-22,25H,5-20,23-24H2,1-4H3. The molecule has 0 aliphatic rings. The van der Waals surface area contributed by atoms with Gasteiger partial charge < -0.3 is 14.4 Å². The number of hydrogen-bond acceptors (Lipinski definition) is 5. The summed E-state index contributed by atoms with van der Waals surface area (Å²) >= 11 is 0. The van der Waals surface area contributed by atoms with Gasteiger partial charge in [-0.1, -0.05) is 104 Å². The number of nitrogens with zero attached hydrogens (tertiary/aromatic N) is 1. The summed E-state index contributed by atoms with van der Waals surface area (Å²) in [6.45, 7) is 5.22. The molecular weight excluding hydrogens is 438 g/mol. The minimum atomic E-state index is -0.448. The van der Waals surface area contributed by atoms with Crippen molar-refractivity contribution in [1.29, 1.82) is 0 Å². The number of carbonyl (C=O) groups excluding carboxylic acids is 2. The first-order chi connectivity index (χ1) is 17.0. The van der Waals surface area contributed by atoms with Gasteiger partial charge in [0.1, 0.15) is 0 Å². The van der Waals surface area contributed by atoms with Gasteiger partial charge in [-0.05, 0) is 31.0 Å². The van der Waals surface area contributed by atoms with E-state index in [0.717, 1.165) is 31.4 Å². The topological polar surface area (TPSA) is 55.8 Å². The van der Waals surface area contributed by atoms with Crippen molar-refractivity contribution in [2.24, 2.45) is 0 Å². The van der Waals surface area contributed by atoms with E-state index in [1.807, 2.05) is 25.1 Å². The van der Waals surface area contributed by atoms with E-state index in [9.17, 15) is 9.59 Å². The van der Waals surface area contributed by atoms with Crippen LogP contribution in [-0.4, -0.2) is 39.2 Å². The van der Waals surface area contributed by atoms with E-state index in [2.05, 4.69) is 13.8 Å². The first kappa shape index (κ1) is 31.0. The van der Waals surface area contributed by atoms with Gasteiger partial charge in [0.05, 0.1) is 24.3 Å². The predicted molar refractivity (Wildman–Crippen MR) is 147 cm³/mol. The molecule has 1 aromatic rings. The van der Waals surface area contributed by atoms with E-state index in [-0.39, 0.29) is 11.1 Å². The van der Waals surface area contributed by atoms with Crippen LogP contribution in [0.5, 0.6) is 0 Å². The van der Waals surface area contributed by atoms with Crippen LogP contribution in [0.15, 0.2) is 18.2 Å². The SMILES string of the molecule is CCCCCCCCCCOC(=O)c1ccc(N(C)C)cc1C(=O)OCCCCCCCCCC. The van der Waals surface area contributed by atoms with Crippen LogP contribution in [0.4, 0.5) is 5.69 Å². The van der Waals surface area contributed by atoms with Gasteiger partial charge in [-0.15, -0.1) is 0 Å². The molecule has 5 heteroatoms. The molecular formula is C30H51NO4. The number of carbonyl (C=O) groups is 2. The number of benzene rings is 1. The van der Waals surface area contributed by atoms with E-state index in [1.54, 1.807) is 12.1 Å². The van der Waals surface area contributed by atoms with Crippen LogP contribution in [0.25, 0.3) is 0 Å². The first-order valence-electron chi connectivity index (χ1n) is 14.2. The highest BCUT2D eigenvalue weighted by molar-refractivity contribution is 6.04. The highest BCUT2D eigenvalue weighted by atomic mass is 16.5. The molecule has 0 aliphatic carbocycles. The number of unbranched alkanes of at least 4 members (excludes halogenated alkanes) is 14. The van der Waals surface area contributed by atoms with Crippen LogP contribution < -0.4 is 4.90 Å². The monoisotopic (exact) mass is 489 g/mol. The second kappa shape index (κ2) is 20.2. The molecule has 0 radical (unpaired) electrons. The zero-order chi connectivity index (χ0) is 25.7. The zero-order valence-corrected chi connectivity index (χ0v) is 23.0. The van der Waals surface area contributed by atoms with E-state index in [1.165, 1.54) is 77.0 Å². The number of rotatable bonds is 21. The van der Waals surface area contributed by atoms with Crippen molar-refractivity contribution >= 4 is 17.6 Å². The lowest BCUT2D eigenvalue weighted by Gasteiger charge is -2.16. The fourth-order valence-electron chi connectivity index (χ4n) is 4.11. The molecule has 200 valence electrons. The average Bonchev–Trinajstić information content (AvgIpc) is 2.86. The van der Waals surface area contributed by atoms with Crippen molar-refractivity contribution in [3.05, 3.63) is 29.3 Å². The minimum absolute atomic E-state index is 0.288. The lowest BCUT2D eigenvalue weighted by Crippen LogP contribution is -2.17. The van der Waals surface area contributed by atoms with Gasteiger partial charge >= 0.3 is 11.9 Å². The van der Waals surface area contributed by atoms with Gasteiger partial charge in [0.15, 0.2) is 0 Å². The van der Waals surface area contributed by atoms with Gasteiger partial charge in [-0.2, -0.15) is 0 Å². The summed E-state index contributed by atoms with van der Waals surface area (Å²) < 4.78 is 11.0. The first-order valence-corrected chi connectivity index (χ1v) is 14.2. The van der Waals surface area contributed by atoms with E-state index in [4.69, 9.17) is 9.47 Å². The smallest absolute Gasteiger partial charge is 0.339 e. The molecule has 0 fully saturated rings. The van der Waals surface area contributed by atoms with Crippen LogP contribution in [0, 0.1) is 0 Å². The molecule has 0 saturated heterocycles. The fraction of sp³-hybridized carbons (Fsp3) is 0.733. The average molecular weight is 490 g/mol. The number of esters is 2. The number of hydrogen-bond donors (Lipinski definition) is 0. The van der Waals surface area contributed by atoms with Crippen molar-refractivity contribution in [1.82, 2.24) is 0 Å². The molecule has 1 rings (SSSR count).